The van der Waals surface area contributed by atoms with Gasteiger partial charge < -0.3 is 5.32 Å². The number of aromatic nitrogens is 2. The summed E-state index contributed by atoms with van der Waals surface area (Å²) in [7, 11) is 0. The zero-order chi connectivity index (χ0) is 13.8. The SMILES string of the molecule is CCCc1c(Cl)ncnc1Nc1ccc(C)c(C)c1. The van der Waals surface area contributed by atoms with Gasteiger partial charge in [-0.1, -0.05) is 31.0 Å². The second-order valence-corrected chi connectivity index (χ2v) is 5.02. The molecule has 4 heteroatoms. The Labute approximate surface area is 119 Å². The summed E-state index contributed by atoms with van der Waals surface area (Å²) in [6.45, 7) is 6.31. The van der Waals surface area contributed by atoms with Crippen LogP contribution in [0.25, 0.3) is 0 Å². The van der Waals surface area contributed by atoms with Crippen molar-refractivity contribution in [3.63, 3.8) is 0 Å². The van der Waals surface area contributed by atoms with Crippen LogP contribution in [0.15, 0.2) is 24.5 Å². The molecule has 1 aromatic carbocycles. The van der Waals surface area contributed by atoms with Crippen molar-refractivity contribution >= 4 is 23.1 Å². The van der Waals surface area contributed by atoms with Crippen LogP contribution in [0.2, 0.25) is 5.15 Å². The van der Waals surface area contributed by atoms with Crippen molar-refractivity contribution in [2.45, 2.75) is 33.6 Å². The zero-order valence-electron chi connectivity index (χ0n) is 11.5. The highest BCUT2D eigenvalue weighted by atomic mass is 35.5. The van der Waals surface area contributed by atoms with E-state index in [1.807, 2.05) is 6.07 Å². The number of hydrogen-bond acceptors (Lipinski definition) is 3. The quantitative estimate of drug-likeness (QED) is 0.838. The predicted octanol–water partition coefficient (Wildman–Crippen LogP) is 4.44. The third kappa shape index (κ3) is 3.24. The van der Waals surface area contributed by atoms with Gasteiger partial charge in [-0.15, -0.1) is 0 Å². The van der Waals surface area contributed by atoms with Crippen LogP contribution in [0.4, 0.5) is 11.5 Å². The van der Waals surface area contributed by atoms with E-state index in [0.717, 1.165) is 29.9 Å². The second-order valence-electron chi connectivity index (χ2n) is 4.67. The Morgan fingerprint density at radius 2 is 1.95 bits per heavy atom. The van der Waals surface area contributed by atoms with E-state index in [1.165, 1.54) is 17.5 Å². The lowest BCUT2D eigenvalue weighted by Crippen LogP contribution is -2.01. The van der Waals surface area contributed by atoms with Crippen LogP contribution in [0.5, 0.6) is 0 Å². The normalized spacial score (nSPS) is 10.5. The first kappa shape index (κ1) is 13.8. The van der Waals surface area contributed by atoms with Crippen LogP contribution in [0.3, 0.4) is 0 Å². The molecule has 0 saturated carbocycles. The fourth-order valence-corrected chi connectivity index (χ4v) is 2.15. The lowest BCUT2D eigenvalue weighted by Gasteiger charge is -2.12. The Morgan fingerprint density at radius 1 is 1.16 bits per heavy atom. The van der Waals surface area contributed by atoms with Crippen molar-refractivity contribution in [3.8, 4) is 0 Å². The van der Waals surface area contributed by atoms with Crippen molar-refractivity contribution in [2.24, 2.45) is 0 Å². The molecule has 19 heavy (non-hydrogen) atoms. The summed E-state index contributed by atoms with van der Waals surface area (Å²) < 4.78 is 0. The summed E-state index contributed by atoms with van der Waals surface area (Å²) in [5, 5.41) is 3.86. The maximum absolute atomic E-state index is 6.14. The molecule has 3 nitrogen and oxygen atoms in total. The van der Waals surface area contributed by atoms with Gasteiger partial charge in [0, 0.05) is 11.3 Å². The summed E-state index contributed by atoms with van der Waals surface area (Å²) in [6.07, 6.45) is 3.37. The minimum atomic E-state index is 0.531. The molecule has 0 amide bonds. The highest BCUT2D eigenvalue weighted by Gasteiger charge is 2.09. The minimum Gasteiger partial charge on any atom is -0.340 e. The molecule has 2 rings (SSSR count). The van der Waals surface area contributed by atoms with E-state index in [-0.39, 0.29) is 0 Å². The van der Waals surface area contributed by atoms with Crippen LogP contribution >= 0.6 is 11.6 Å². The van der Waals surface area contributed by atoms with Gasteiger partial charge in [0.2, 0.25) is 0 Å². The monoisotopic (exact) mass is 275 g/mol. The van der Waals surface area contributed by atoms with E-state index >= 15 is 0 Å². The van der Waals surface area contributed by atoms with Crippen LogP contribution in [0, 0.1) is 13.8 Å². The largest absolute Gasteiger partial charge is 0.340 e. The first-order valence-electron chi connectivity index (χ1n) is 6.45. The number of benzene rings is 1. The lowest BCUT2D eigenvalue weighted by atomic mass is 10.1. The van der Waals surface area contributed by atoms with Gasteiger partial charge in [0.1, 0.15) is 17.3 Å². The molecule has 100 valence electrons. The number of halogens is 1. The average molecular weight is 276 g/mol. The first-order chi connectivity index (χ1) is 9.11. The van der Waals surface area contributed by atoms with Crippen LogP contribution in [-0.4, -0.2) is 9.97 Å². The fraction of sp³-hybridized carbons (Fsp3) is 0.333. The molecule has 1 N–H and O–H groups in total. The molecule has 1 heterocycles. The average Bonchev–Trinajstić information content (AvgIpc) is 2.38. The first-order valence-corrected chi connectivity index (χ1v) is 6.83. The van der Waals surface area contributed by atoms with Gasteiger partial charge in [-0.3, -0.25) is 0 Å². The third-order valence-corrected chi connectivity index (χ3v) is 3.49. The molecule has 1 aromatic heterocycles. The van der Waals surface area contributed by atoms with E-state index in [2.05, 4.69) is 48.2 Å². The smallest absolute Gasteiger partial charge is 0.138 e. The predicted molar refractivity (Wildman–Crippen MR) is 80.2 cm³/mol. The van der Waals surface area contributed by atoms with E-state index in [0.29, 0.717) is 5.15 Å². The highest BCUT2D eigenvalue weighted by Crippen LogP contribution is 2.25. The zero-order valence-corrected chi connectivity index (χ0v) is 12.3. The van der Waals surface area contributed by atoms with Crippen molar-refractivity contribution in [3.05, 3.63) is 46.4 Å². The Morgan fingerprint density at radius 3 is 2.63 bits per heavy atom. The van der Waals surface area contributed by atoms with Crippen molar-refractivity contribution < 1.29 is 0 Å². The molecule has 0 radical (unpaired) electrons. The summed E-state index contributed by atoms with van der Waals surface area (Å²) in [4.78, 5) is 8.34. The molecule has 0 fully saturated rings. The van der Waals surface area contributed by atoms with E-state index < -0.39 is 0 Å². The molecular weight excluding hydrogens is 258 g/mol. The van der Waals surface area contributed by atoms with E-state index in [9.17, 15) is 0 Å². The van der Waals surface area contributed by atoms with E-state index in [1.54, 1.807) is 0 Å². The molecule has 0 spiro atoms. The van der Waals surface area contributed by atoms with Crippen molar-refractivity contribution in [1.29, 1.82) is 0 Å². The van der Waals surface area contributed by atoms with E-state index in [4.69, 9.17) is 11.6 Å². The highest BCUT2D eigenvalue weighted by molar-refractivity contribution is 6.30. The van der Waals surface area contributed by atoms with Gasteiger partial charge in [0.25, 0.3) is 0 Å². The molecule has 0 saturated heterocycles. The Balaban J connectivity index is 2.32. The van der Waals surface area contributed by atoms with Crippen LogP contribution < -0.4 is 5.32 Å². The third-order valence-electron chi connectivity index (χ3n) is 3.16. The molecule has 0 aliphatic carbocycles. The van der Waals surface area contributed by atoms with Crippen molar-refractivity contribution in [2.75, 3.05) is 5.32 Å². The Kier molecular flexibility index (Phi) is 4.38. The summed E-state index contributed by atoms with van der Waals surface area (Å²) in [5.74, 6) is 0.796. The number of aryl methyl sites for hydroxylation is 2. The van der Waals surface area contributed by atoms with Gasteiger partial charge in [-0.05, 0) is 43.5 Å². The minimum absolute atomic E-state index is 0.531. The van der Waals surface area contributed by atoms with Gasteiger partial charge in [-0.2, -0.15) is 0 Å². The maximum atomic E-state index is 6.14. The fourth-order valence-electron chi connectivity index (χ4n) is 1.93. The molecule has 2 aromatic rings. The number of anilines is 2. The number of nitrogens with one attached hydrogen (secondary N) is 1. The Bertz CT molecular complexity index is 582. The van der Waals surface area contributed by atoms with Gasteiger partial charge in [0.15, 0.2) is 0 Å². The van der Waals surface area contributed by atoms with Gasteiger partial charge >= 0.3 is 0 Å². The molecule has 0 bridgehead atoms. The second kappa shape index (κ2) is 6.02. The molecule has 0 atom stereocenters. The molecule has 0 aliphatic heterocycles. The Hall–Kier alpha value is -1.61. The summed E-state index contributed by atoms with van der Waals surface area (Å²) >= 11 is 6.14. The number of nitrogens with zero attached hydrogens (tertiary/aromatic N) is 2. The van der Waals surface area contributed by atoms with Gasteiger partial charge in [0.05, 0.1) is 0 Å². The van der Waals surface area contributed by atoms with Crippen LogP contribution in [0.1, 0.15) is 30.0 Å². The summed E-state index contributed by atoms with van der Waals surface area (Å²) in [5.41, 5.74) is 4.53. The molecule has 0 aliphatic rings. The number of hydrogen-bond donors (Lipinski definition) is 1. The standard InChI is InChI=1S/C15H18ClN3/c1-4-5-13-14(16)17-9-18-15(13)19-12-7-6-10(2)11(3)8-12/h6-9H,4-5H2,1-3H3,(H,17,18,19). The topological polar surface area (TPSA) is 37.8 Å². The molecule has 0 unspecified atom stereocenters. The van der Waals surface area contributed by atoms with Gasteiger partial charge in [-0.25, -0.2) is 9.97 Å². The molecular formula is C15H18ClN3. The van der Waals surface area contributed by atoms with Crippen LogP contribution in [-0.2, 0) is 6.42 Å². The lowest BCUT2D eigenvalue weighted by molar-refractivity contribution is 0.904. The summed E-state index contributed by atoms with van der Waals surface area (Å²) in [6, 6.07) is 6.26. The number of rotatable bonds is 4. The maximum Gasteiger partial charge on any atom is 0.138 e. The van der Waals surface area contributed by atoms with Crippen molar-refractivity contribution in [1.82, 2.24) is 9.97 Å².